The number of carbonyl (C=O) groups is 1. The molecule has 0 aliphatic carbocycles. The van der Waals surface area contributed by atoms with Crippen LogP contribution in [0.25, 0.3) is 0 Å². The van der Waals surface area contributed by atoms with E-state index >= 15 is 0 Å². The van der Waals surface area contributed by atoms with Gasteiger partial charge in [-0.15, -0.1) is 0 Å². The number of aryl methyl sites for hydroxylation is 2. The second-order valence-corrected chi connectivity index (χ2v) is 4.88. The maximum Gasteiger partial charge on any atom is 0.220 e. The maximum absolute atomic E-state index is 11.8. The molecule has 0 saturated heterocycles. The number of allylic oxidation sites excluding steroid dienone is 2. The zero-order chi connectivity index (χ0) is 13.8. The molecule has 1 aromatic heterocycles. The van der Waals surface area contributed by atoms with E-state index in [4.69, 9.17) is 16.0 Å². The lowest BCUT2D eigenvalue weighted by atomic mass is 10.1. The van der Waals surface area contributed by atoms with E-state index in [0.29, 0.717) is 12.2 Å². The highest BCUT2D eigenvalue weighted by Crippen LogP contribution is 2.18. The zero-order valence-corrected chi connectivity index (χ0v) is 11.7. The summed E-state index contributed by atoms with van der Waals surface area (Å²) in [5, 5.41) is 0.728. The highest BCUT2D eigenvalue weighted by molar-refractivity contribution is 6.31. The van der Waals surface area contributed by atoms with Gasteiger partial charge in [-0.3, -0.25) is 4.79 Å². The second kappa shape index (κ2) is 5.89. The Morgan fingerprint density at radius 3 is 2.68 bits per heavy atom. The van der Waals surface area contributed by atoms with Gasteiger partial charge in [-0.1, -0.05) is 29.8 Å². The summed E-state index contributed by atoms with van der Waals surface area (Å²) in [6.45, 7) is 3.81. The Morgan fingerprint density at radius 1 is 1.26 bits per heavy atom. The SMILES string of the molecule is Cc1ccc(C/C=C/C(=O)c2ccc(C)o2)c(Cl)c1. The van der Waals surface area contributed by atoms with Gasteiger partial charge < -0.3 is 4.42 Å². The van der Waals surface area contributed by atoms with E-state index in [0.717, 1.165) is 21.9 Å². The van der Waals surface area contributed by atoms with E-state index in [1.54, 1.807) is 18.2 Å². The smallest absolute Gasteiger partial charge is 0.220 e. The Kier molecular flexibility index (Phi) is 4.23. The zero-order valence-electron chi connectivity index (χ0n) is 10.9. The van der Waals surface area contributed by atoms with Crippen LogP contribution in [0.3, 0.4) is 0 Å². The Bertz CT molecular complexity index is 623. The molecule has 0 amide bonds. The first-order valence-corrected chi connectivity index (χ1v) is 6.46. The average molecular weight is 275 g/mol. The average Bonchev–Trinajstić information content (AvgIpc) is 2.78. The molecule has 0 unspecified atom stereocenters. The van der Waals surface area contributed by atoms with Crippen molar-refractivity contribution in [2.75, 3.05) is 0 Å². The van der Waals surface area contributed by atoms with E-state index in [-0.39, 0.29) is 5.78 Å². The Hall–Kier alpha value is -1.80. The molecule has 3 heteroatoms. The second-order valence-electron chi connectivity index (χ2n) is 4.48. The molecule has 0 bridgehead atoms. The summed E-state index contributed by atoms with van der Waals surface area (Å²) in [7, 11) is 0. The van der Waals surface area contributed by atoms with E-state index < -0.39 is 0 Å². The lowest BCUT2D eigenvalue weighted by molar-refractivity contribution is 0.102. The van der Waals surface area contributed by atoms with Gasteiger partial charge in [0, 0.05) is 5.02 Å². The van der Waals surface area contributed by atoms with Crippen molar-refractivity contribution in [2.45, 2.75) is 20.3 Å². The van der Waals surface area contributed by atoms with Crippen LogP contribution < -0.4 is 0 Å². The quantitative estimate of drug-likeness (QED) is 0.606. The summed E-state index contributed by atoms with van der Waals surface area (Å²) in [6, 6.07) is 9.36. The molecular formula is C16H15ClO2. The van der Waals surface area contributed by atoms with E-state index in [9.17, 15) is 4.79 Å². The highest BCUT2D eigenvalue weighted by Gasteiger charge is 2.06. The molecule has 0 spiro atoms. The Balaban J connectivity index is 2.02. The number of benzene rings is 1. The minimum absolute atomic E-state index is 0.128. The molecular weight excluding hydrogens is 260 g/mol. The molecule has 2 nitrogen and oxygen atoms in total. The summed E-state index contributed by atoms with van der Waals surface area (Å²) in [5.41, 5.74) is 2.13. The predicted molar refractivity (Wildman–Crippen MR) is 76.8 cm³/mol. The van der Waals surface area contributed by atoms with Crippen LogP contribution >= 0.6 is 11.6 Å². The van der Waals surface area contributed by atoms with Gasteiger partial charge in [0.05, 0.1) is 0 Å². The lowest BCUT2D eigenvalue weighted by Gasteiger charge is -2.01. The topological polar surface area (TPSA) is 30.2 Å². The Morgan fingerprint density at radius 2 is 2.05 bits per heavy atom. The minimum Gasteiger partial charge on any atom is -0.458 e. The maximum atomic E-state index is 11.8. The summed E-state index contributed by atoms with van der Waals surface area (Å²) in [6.07, 6.45) is 3.95. The number of halogens is 1. The molecule has 98 valence electrons. The summed E-state index contributed by atoms with van der Waals surface area (Å²) in [4.78, 5) is 11.8. The van der Waals surface area contributed by atoms with Crippen molar-refractivity contribution in [3.63, 3.8) is 0 Å². The van der Waals surface area contributed by atoms with Gasteiger partial charge in [-0.2, -0.15) is 0 Å². The van der Waals surface area contributed by atoms with Gasteiger partial charge in [0.15, 0.2) is 5.76 Å². The normalized spacial score (nSPS) is 11.1. The van der Waals surface area contributed by atoms with E-state index in [1.165, 1.54) is 6.08 Å². The van der Waals surface area contributed by atoms with Crippen LogP contribution in [0.5, 0.6) is 0 Å². The molecule has 0 fully saturated rings. The van der Waals surface area contributed by atoms with Crippen LogP contribution in [0.2, 0.25) is 5.02 Å². The Labute approximate surface area is 117 Å². The largest absolute Gasteiger partial charge is 0.458 e. The van der Waals surface area contributed by atoms with Crippen molar-refractivity contribution in [3.05, 3.63) is 70.2 Å². The molecule has 1 aromatic carbocycles. The molecule has 2 aromatic rings. The van der Waals surface area contributed by atoms with Crippen molar-refractivity contribution >= 4 is 17.4 Å². The third kappa shape index (κ3) is 3.58. The van der Waals surface area contributed by atoms with Crippen LogP contribution in [0, 0.1) is 13.8 Å². The van der Waals surface area contributed by atoms with Crippen molar-refractivity contribution in [3.8, 4) is 0 Å². The minimum atomic E-state index is -0.128. The first kappa shape index (κ1) is 13.6. The number of rotatable bonds is 4. The van der Waals surface area contributed by atoms with E-state index in [1.807, 2.05) is 32.0 Å². The van der Waals surface area contributed by atoms with Gasteiger partial charge in [0.2, 0.25) is 5.78 Å². The molecule has 19 heavy (non-hydrogen) atoms. The van der Waals surface area contributed by atoms with Crippen LogP contribution in [0.4, 0.5) is 0 Å². The fourth-order valence-electron chi connectivity index (χ4n) is 1.76. The van der Waals surface area contributed by atoms with Crippen LogP contribution in [0.1, 0.15) is 27.4 Å². The molecule has 0 saturated carbocycles. The van der Waals surface area contributed by atoms with Gasteiger partial charge in [-0.25, -0.2) is 0 Å². The summed E-state index contributed by atoms with van der Waals surface area (Å²) >= 11 is 6.13. The third-order valence-electron chi connectivity index (χ3n) is 2.80. The van der Waals surface area contributed by atoms with Crippen LogP contribution in [0.15, 0.2) is 46.9 Å². The standard InChI is InChI=1S/C16H15ClO2/c1-11-6-8-13(14(17)10-11)4-3-5-15(18)16-9-7-12(2)19-16/h3,5-10H,4H2,1-2H3/b5-3+. The van der Waals surface area contributed by atoms with Gasteiger partial charge in [0.1, 0.15) is 5.76 Å². The van der Waals surface area contributed by atoms with Crippen molar-refractivity contribution in [2.24, 2.45) is 0 Å². The first-order chi connectivity index (χ1) is 9.06. The number of carbonyl (C=O) groups excluding carboxylic acids is 1. The van der Waals surface area contributed by atoms with Crippen molar-refractivity contribution in [1.82, 2.24) is 0 Å². The molecule has 1 heterocycles. The summed E-state index contributed by atoms with van der Waals surface area (Å²) in [5.74, 6) is 0.971. The summed E-state index contributed by atoms with van der Waals surface area (Å²) < 4.78 is 5.26. The van der Waals surface area contributed by atoms with Gasteiger partial charge >= 0.3 is 0 Å². The van der Waals surface area contributed by atoms with Crippen molar-refractivity contribution < 1.29 is 9.21 Å². The van der Waals surface area contributed by atoms with Gasteiger partial charge in [-0.05, 0) is 55.7 Å². The van der Waals surface area contributed by atoms with E-state index in [2.05, 4.69) is 0 Å². The lowest BCUT2D eigenvalue weighted by Crippen LogP contribution is -1.92. The monoisotopic (exact) mass is 274 g/mol. The van der Waals surface area contributed by atoms with Crippen LogP contribution in [-0.2, 0) is 6.42 Å². The number of hydrogen-bond acceptors (Lipinski definition) is 2. The third-order valence-corrected chi connectivity index (χ3v) is 3.15. The molecule has 0 atom stereocenters. The molecule has 2 rings (SSSR count). The van der Waals surface area contributed by atoms with Crippen molar-refractivity contribution in [1.29, 1.82) is 0 Å². The molecule has 0 aliphatic rings. The number of ketones is 1. The fourth-order valence-corrected chi connectivity index (χ4v) is 2.07. The molecule has 0 N–H and O–H groups in total. The molecule has 0 aliphatic heterocycles. The predicted octanol–water partition coefficient (Wildman–Crippen LogP) is 4.53. The van der Waals surface area contributed by atoms with Gasteiger partial charge in [0.25, 0.3) is 0 Å². The number of hydrogen-bond donors (Lipinski definition) is 0. The first-order valence-electron chi connectivity index (χ1n) is 6.08. The fraction of sp³-hybridized carbons (Fsp3) is 0.188. The number of furan rings is 1. The molecule has 0 radical (unpaired) electrons. The van der Waals surface area contributed by atoms with Crippen LogP contribution in [-0.4, -0.2) is 5.78 Å². The highest BCUT2D eigenvalue weighted by atomic mass is 35.5.